The summed E-state index contributed by atoms with van der Waals surface area (Å²) in [4.78, 5) is 0. The van der Waals surface area contributed by atoms with Gasteiger partial charge in [-0.05, 0) is 42.3 Å². The third-order valence-electron chi connectivity index (χ3n) is 4.26. The molecule has 0 radical (unpaired) electrons. The number of hydrogen-bond donors (Lipinski definition) is 1. The Morgan fingerprint density at radius 3 is 2.54 bits per heavy atom. The van der Waals surface area contributed by atoms with Crippen molar-refractivity contribution in [2.45, 2.75) is 26.1 Å². The second-order valence-electron chi connectivity index (χ2n) is 6.15. The van der Waals surface area contributed by atoms with Gasteiger partial charge in [0.25, 0.3) is 0 Å². The molecular formula is C22H21ClFNO. The Balaban J connectivity index is 1.60. The van der Waals surface area contributed by atoms with E-state index in [2.05, 4.69) is 24.4 Å². The molecule has 0 spiro atoms. The van der Waals surface area contributed by atoms with Crippen molar-refractivity contribution in [2.75, 3.05) is 0 Å². The van der Waals surface area contributed by atoms with Gasteiger partial charge in [-0.3, -0.25) is 0 Å². The van der Waals surface area contributed by atoms with Crippen LogP contribution in [0.3, 0.4) is 0 Å². The quantitative estimate of drug-likeness (QED) is 0.559. The average molecular weight is 370 g/mol. The Kier molecular flexibility index (Phi) is 6.26. The maximum Gasteiger partial charge on any atom is 0.131 e. The number of ether oxygens (including phenoxy) is 1. The van der Waals surface area contributed by atoms with Gasteiger partial charge in [0.2, 0.25) is 0 Å². The summed E-state index contributed by atoms with van der Waals surface area (Å²) in [7, 11) is 0. The molecule has 1 atom stereocenters. The van der Waals surface area contributed by atoms with Crippen molar-refractivity contribution in [3.63, 3.8) is 0 Å². The first kappa shape index (κ1) is 18.4. The van der Waals surface area contributed by atoms with Crippen LogP contribution in [-0.4, -0.2) is 0 Å². The molecule has 0 aliphatic rings. The van der Waals surface area contributed by atoms with Gasteiger partial charge in [-0.25, -0.2) is 4.39 Å². The van der Waals surface area contributed by atoms with E-state index in [4.69, 9.17) is 16.3 Å². The molecule has 0 aliphatic carbocycles. The molecule has 3 rings (SSSR count). The summed E-state index contributed by atoms with van der Waals surface area (Å²) < 4.78 is 19.6. The molecule has 1 N–H and O–H groups in total. The molecular weight excluding hydrogens is 349 g/mol. The zero-order valence-corrected chi connectivity index (χ0v) is 15.3. The summed E-state index contributed by atoms with van der Waals surface area (Å²) in [6.07, 6.45) is 0. The molecule has 0 amide bonds. The van der Waals surface area contributed by atoms with Crippen molar-refractivity contribution >= 4 is 11.6 Å². The molecule has 0 heterocycles. The van der Waals surface area contributed by atoms with Gasteiger partial charge in [0, 0.05) is 18.2 Å². The van der Waals surface area contributed by atoms with Gasteiger partial charge in [0.15, 0.2) is 0 Å². The second kappa shape index (κ2) is 8.84. The van der Waals surface area contributed by atoms with E-state index in [-0.39, 0.29) is 18.5 Å². The first-order valence-corrected chi connectivity index (χ1v) is 8.94. The Morgan fingerprint density at radius 2 is 1.77 bits per heavy atom. The Bertz CT molecular complexity index is 834. The predicted molar refractivity (Wildman–Crippen MR) is 104 cm³/mol. The Hall–Kier alpha value is -2.36. The van der Waals surface area contributed by atoms with E-state index in [1.807, 2.05) is 42.5 Å². The van der Waals surface area contributed by atoms with Crippen LogP contribution >= 0.6 is 11.6 Å². The SMILES string of the molecule is CC(NCc1cccc(OCc2c(F)cccc2Cl)c1)c1ccccc1. The monoisotopic (exact) mass is 369 g/mol. The topological polar surface area (TPSA) is 21.3 Å². The maximum atomic E-state index is 13.8. The van der Waals surface area contributed by atoms with Gasteiger partial charge in [0.05, 0.1) is 5.02 Å². The van der Waals surface area contributed by atoms with Crippen molar-refractivity contribution in [1.29, 1.82) is 0 Å². The summed E-state index contributed by atoms with van der Waals surface area (Å²) in [6, 6.07) is 23.0. The number of hydrogen-bond acceptors (Lipinski definition) is 2. The van der Waals surface area contributed by atoms with E-state index in [9.17, 15) is 4.39 Å². The van der Waals surface area contributed by atoms with Gasteiger partial charge in [0.1, 0.15) is 18.2 Å². The lowest BCUT2D eigenvalue weighted by molar-refractivity contribution is 0.299. The largest absolute Gasteiger partial charge is 0.489 e. The maximum absolute atomic E-state index is 13.8. The number of halogens is 2. The number of benzene rings is 3. The van der Waals surface area contributed by atoms with E-state index >= 15 is 0 Å². The van der Waals surface area contributed by atoms with Crippen LogP contribution in [0, 0.1) is 5.82 Å². The van der Waals surface area contributed by atoms with Gasteiger partial charge in [-0.2, -0.15) is 0 Å². The van der Waals surface area contributed by atoms with Crippen LogP contribution in [0.25, 0.3) is 0 Å². The zero-order chi connectivity index (χ0) is 18.4. The molecule has 3 aromatic rings. The third kappa shape index (κ3) is 4.84. The highest BCUT2D eigenvalue weighted by atomic mass is 35.5. The van der Waals surface area contributed by atoms with Crippen LogP contribution in [0.2, 0.25) is 5.02 Å². The summed E-state index contributed by atoms with van der Waals surface area (Å²) in [6.45, 7) is 2.95. The molecule has 3 aromatic carbocycles. The molecule has 0 bridgehead atoms. The molecule has 2 nitrogen and oxygen atoms in total. The highest BCUT2D eigenvalue weighted by Gasteiger charge is 2.08. The van der Waals surface area contributed by atoms with Crippen molar-refractivity contribution in [3.8, 4) is 5.75 Å². The van der Waals surface area contributed by atoms with Crippen molar-refractivity contribution in [3.05, 3.63) is 100 Å². The van der Waals surface area contributed by atoms with Gasteiger partial charge in [-0.1, -0.05) is 60.1 Å². The Labute approximate surface area is 158 Å². The molecule has 1 unspecified atom stereocenters. The highest BCUT2D eigenvalue weighted by Crippen LogP contribution is 2.22. The van der Waals surface area contributed by atoms with E-state index in [0.29, 0.717) is 22.9 Å². The molecule has 134 valence electrons. The third-order valence-corrected chi connectivity index (χ3v) is 4.61. The molecule has 0 aliphatic heterocycles. The van der Waals surface area contributed by atoms with Crippen LogP contribution in [-0.2, 0) is 13.2 Å². The first-order valence-electron chi connectivity index (χ1n) is 8.56. The van der Waals surface area contributed by atoms with E-state index in [1.54, 1.807) is 12.1 Å². The second-order valence-corrected chi connectivity index (χ2v) is 6.56. The Morgan fingerprint density at radius 1 is 1.00 bits per heavy atom. The summed E-state index contributed by atoms with van der Waals surface area (Å²) in [5.74, 6) is 0.336. The van der Waals surface area contributed by atoms with E-state index in [1.165, 1.54) is 11.6 Å². The average Bonchev–Trinajstić information content (AvgIpc) is 2.67. The van der Waals surface area contributed by atoms with Gasteiger partial charge in [-0.15, -0.1) is 0 Å². The molecule has 0 saturated carbocycles. The van der Waals surface area contributed by atoms with Crippen LogP contribution in [0.1, 0.15) is 29.7 Å². The molecule has 4 heteroatoms. The van der Waals surface area contributed by atoms with E-state index in [0.717, 1.165) is 5.56 Å². The fourth-order valence-electron chi connectivity index (χ4n) is 2.70. The summed E-state index contributed by atoms with van der Waals surface area (Å²) >= 11 is 6.04. The zero-order valence-electron chi connectivity index (χ0n) is 14.6. The van der Waals surface area contributed by atoms with Gasteiger partial charge < -0.3 is 10.1 Å². The number of nitrogens with one attached hydrogen (secondary N) is 1. The summed E-state index contributed by atoms with van der Waals surface area (Å²) in [5.41, 5.74) is 2.72. The van der Waals surface area contributed by atoms with Crippen LogP contribution in [0.15, 0.2) is 72.8 Å². The standard InChI is InChI=1S/C22H21ClFNO/c1-16(18-8-3-2-4-9-18)25-14-17-7-5-10-19(13-17)26-15-20-21(23)11-6-12-22(20)24/h2-13,16,25H,14-15H2,1H3. The smallest absolute Gasteiger partial charge is 0.131 e. The van der Waals surface area contributed by atoms with Crippen molar-refractivity contribution in [2.24, 2.45) is 0 Å². The van der Waals surface area contributed by atoms with E-state index < -0.39 is 0 Å². The first-order chi connectivity index (χ1) is 12.6. The highest BCUT2D eigenvalue weighted by molar-refractivity contribution is 6.31. The minimum Gasteiger partial charge on any atom is -0.489 e. The molecule has 0 aromatic heterocycles. The van der Waals surface area contributed by atoms with Crippen LogP contribution in [0.5, 0.6) is 5.75 Å². The summed E-state index contributed by atoms with van der Waals surface area (Å²) in [5, 5.41) is 3.87. The van der Waals surface area contributed by atoms with Crippen LogP contribution < -0.4 is 10.1 Å². The molecule has 0 fully saturated rings. The normalized spacial score (nSPS) is 12.0. The van der Waals surface area contributed by atoms with Gasteiger partial charge >= 0.3 is 0 Å². The lowest BCUT2D eigenvalue weighted by Crippen LogP contribution is -2.17. The lowest BCUT2D eigenvalue weighted by Gasteiger charge is -2.15. The molecule has 26 heavy (non-hydrogen) atoms. The predicted octanol–water partition coefficient (Wildman–Crippen LogP) is 5.91. The van der Waals surface area contributed by atoms with Crippen molar-refractivity contribution < 1.29 is 9.13 Å². The lowest BCUT2D eigenvalue weighted by atomic mass is 10.1. The van der Waals surface area contributed by atoms with Crippen LogP contribution in [0.4, 0.5) is 4.39 Å². The fraction of sp³-hybridized carbons (Fsp3) is 0.182. The molecule has 0 saturated heterocycles. The minimum atomic E-state index is -0.355. The minimum absolute atomic E-state index is 0.100. The fourth-order valence-corrected chi connectivity index (χ4v) is 2.92. The van der Waals surface area contributed by atoms with Crippen molar-refractivity contribution in [1.82, 2.24) is 5.32 Å². The number of rotatable bonds is 7.